The Hall–Kier alpha value is -1.98. The van der Waals surface area contributed by atoms with Crippen molar-refractivity contribution in [3.05, 3.63) is 47.1 Å². The Bertz CT molecular complexity index is 590. The van der Waals surface area contributed by atoms with Crippen LogP contribution in [-0.4, -0.2) is 35.4 Å². The normalized spacial score (nSPS) is 10.4. The number of likely N-dealkylation sites (N-methyl/N-ethyl adjacent to an activating group) is 1. The maximum Gasteiger partial charge on any atom is 0.139 e. The Morgan fingerprint density at radius 2 is 2.10 bits per heavy atom. The molecule has 1 aromatic heterocycles. The van der Waals surface area contributed by atoms with Gasteiger partial charge in [0.1, 0.15) is 11.6 Å². The van der Waals surface area contributed by atoms with Crippen LogP contribution in [-0.2, 0) is 6.54 Å². The van der Waals surface area contributed by atoms with Gasteiger partial charge in [-0.2, -0.15) is 0 Å². The maximum atomic E-state index is 9.83. The van der Waals surface area contributed by atoms with Crippen LogP contribution in [0.1, 0.15) is 5.56 Å². The lowest BCUT2D eigenvalue weighted by Gasteiger charge is -2.17. The van der Waals surface area contributed by atoms with Gasteiger partial charge in [0.15, 0.2) is 0 Å². The molecule has 0 aliphatic carbocycles. The molecule has 0 aliphatic rings. The third-order valence-electron chi connectivity index (χ3n) is 3.15. The minimum absolute atomic E-state index is 0.0889. The molecule has 0 aliphatic heterocycles. The van der Waals surface area contributed by atoms with Crippen LogP contribution in [0, 0.1) is 0 Å². The van der Waals surface area contributed by atoms with Gasteiger partial charge in [-0.25, -0.2) is 4.98 Å². The second-order valence-corrected chi connectivity index (χ2v) is 5.06. The van der Waals surface area contributed by atoms with Crippen molar-refractivity contribution in [1.29, 1.82) is 0 Å². The number of benzene rings is 1. The molecule has 0 atom stereocenters. The molecule has 0 unspecified atom stereocenters. The van der Waals surface area contributed by atoms with Crippen molar-refractivity contribution in [1.82, 2.24) is 4.98 Å². The van der Waals surface area contributed by atoms with Crippen molar-refractivity contribution < 1.29 is 10.2 Å². The molecule has 21 heavy (non-hydrogen) atoms. The number of aliphatic hydroxyl groups excluding tert-OH is 1. The fourth-order valence-electron chi connectivity index (χ4n) is 1.88. The van der Waals surface area contributed by atoms with Crippen LogP contribution < -0.4 is 10.2 Å². The summed E-state index contributed by atoms with van der Waals surface area (Å²) in [6.45, 7) is 1.10. The highest BCUT2D eigenvalue weighted by molar-refractivity contribution is 6.32. The van der Waals surface area contributed by atoms with E-state index in [9.17, 15) is 5.11 Å². The van der Waals surface area contributed by atoms with Crippen LogP contribution in [0.25, 0.3) is 0 Å². The summed E-state index contributed by atoms with van der Waals surface area (Å²) in [6.07, 6.45) is 1.73. The predicted octanol–water partition coefficient (Wildman–Crippen LogP) is 2.48. The van der Waals surface area contributed by atoms with Gasteiger partial charge in [-0.15, -0.1) is 0 Å². The minimum atomic E-state index is 0.0889. The van der Waals surface area contributed by atoms with E-state index in [1.807, 2.05) is 24.1 Å². The molecule has 0 spiro atoms. The summed E-state index contributed by atoms with van der Waals surface area (Å²) in [4.78, 5) is 6.22. The summed E-state index contributed by atoms with van der Waals surface area (Å²) in [6, 6.07) is 9.01. The number of aliphatic hydroxyl groups is 1. The number of hydrogen-bond acceptors (Lipinski definition) is 5. The van der Waals surface area contributed by atoms with E-state index in [1.54, 1.807) is 24.4 Å². The fraction of sp³-hybridized carbons (Fsp3) is 0.267. The average Bonchev–Trinajstić information content (AvgIpc) is 2.49. The van der Waals surface area contributed by atoms with Gasteiger partial charge in [-0.1, -0.05) is 23.7 Å². The smallest absolute Gasteiger partial charge is 0.139 e. The van der Waals surface area contributed by atoms with Gasteiger partial charge in [0.25, 0.3) is 0 Å². The minimum Gasteiger partial charge on any atom is -0.506 e. The number of aromatic hydroxyl groups is 1. The topological polar surface area (TPSA) is 68.6 Å². The van der Waals surface area contributed by atoms with Crippen LogP contribution >= 0.6 is 11.6 Å². The van der Waals surface area contributed by atoms with Crippen LogP contribution in [0.15, 0.2) is 36.5 Å². The monoisotopic (exact) mass is 307 g/mol. The summed E-state index contributed by atoms with van der Waals surface area (Å²) in [5, 5.41) is 22.2. The van der Waals surface area contributed by atoms with E-state index in [0.717, 1.165) is 5.69 Å². The van der Waals surface area contributed by atoms with Crippen molar-refractivity contribution in [2.75, 3.05) is 30.4 Å². The molecular weight excluding hydrogens is 290 g/mol. The number of hydrogen-bond donors (Lipinski definition) is 3. The van der Waals surface area contributed by atoms with Gasteiger partial charge in [0.05, 0.1) is 23.5 Å². The van der Waals surface area contributed by atoms with Gasteiger partial charge in [-0.3, -0.25) is 0 Å². The number of pyridine rings is 1. The zero-order chi connectivity index (χ0) is 15.2. The molecule has 0 saturated heterocycles. The number of aromatic nitrogens is 1. The largest absolute Gasteiger partial charge is 0.506 e. The second-order valence-electron chi connectivity index (χ2n) is 4.65. The fourth-order valence-corrected chi connectivity index (χ4v) is 2.08. The molecule has 112 valence electrons. The van der Waals surface area contributed by atoms with Gasteiger partial charge in [0, 0.05) is 25.7 Å². The van der Waals surface area contributed by atoms with E-state index in [4.69, 9.17) is 16.7 Å². The Morgan fingerprint density at radius 3 is 2.76 bits per heavy atom. The summed E-state index contributed by atoms with van der Waals surface area (Å²) < 4.78 is 0. The second kappa shape index (κ2) is 7.15. The van der Waals surface area contributed by atoms with E-state index in [0.29, 0.717) is 29.5 Å². The van der Waals surface area contributed by atoms with E-state index >= 15 is 0 Å². The lowest BCUT2D eigenvalue weighted by Crippen LogP contribution is -2.21. The lowest BCUT2D eigenvalue weighted by molar-refractivity contribution is 0.304. The van der Waals surface area contributed by atoms with E-state index in [2.05, 4.69) is 10.3 Å². The Balaban J connectivity index is 1.99. The number of nitrogens with one attached hydrogen (secondary N) is 1. The zero-order valence-corrected chi connectivity index (χ0v) is 12.5. The summed E-state index contributed by atoms with van der Waals surface area (Å²) in [5.41, 5.74) is 1.64. The third kappa shape index (κ3) is 4.00. The molecule has 0 fully saturated rings. The number of phenols is 1. The highest BCUT2D eigenvalue weighted by Crippen LogP contribution is 2.27. The molecule has 5 nitrogen and oxygen atoms in total. The standard InChI is InChI=1S/C15H18ClN3O2/c1-19(7-8-20)12-5-6-14(18-10-12)17-9-11-3-2-4-13(16)15(11)21/h2-6,10,20-21H,7-9H2,1H3,(H,17,18). The van der Waals surface area contributed by atoms with Gasteiger partial charge < -0.3 is 20.4 Å². The van der Waals surface area contributed by atoms with Gasteiger partial charge in [-0.05, 0) is 18.2 Å². The van der Waals surface area contributed by atoms with Crippen molar-refractivity contribution in [2.24, 2.45) is 0 Å². The van der Waals surface area contributed by atoms with Crippen LogP contribution in [0.4, 0.5) is 11.5 Å². The zero-order valence-electron chi connectivity index (χ0n) is 11.8. The first-order chi connectivity index (χ1) is 10.1. The number of anilines is 2. The number of rotatable bonds is 6. The summed E-state index contributed by atoms with van der Waals surface area (Å²) in [7, 11) is 1.89. The van der Waals surface area contributed by atoms with Crippen LogP contribution in [0.2, 0.25) is 5.02 Å². The number of nitrogens with zero attached hydrogens (tertiary/aromatic N) is 2. The molecule has 0 bridgehead atoms. The Morgan fingerprint density at radius 1 is 1.29 bits per heavy atom. The molecule has 1 aromatic carbocycles. The van der Waals surface area contributed by atoms with Crippen molar-refractivity contribution in [2.45, 2.75) is 6.54 Å². The quantitative estimate of drug-likeness (QED) is 0.765. The molecule has 0 saturated carbocycles. The van der Waals surface area contributed by atoms with E-state index < -0.39 is 0 Å². The molecule has 2 aromatic rings. The van der Waals surface area contributed by atoms with Crippen LogP contribution in [0.5, 0.6) is 5.75 Å². The molecule has 0 radical (unpaired) electrons. The maximum absolute atomic E-state index is 9.83. The first kappa shape index (κ1) is 15.4. The molecule has 6 heteroatoms. The van der Waals surface area contributed by atoms with Gasteiger partial charge >= 0.3 is 0 Å². The first-order valence-electron chi connectivity index (χ1n) is 6.60. The molecule has 0 amide bonds. The highest BCUT2D eigenvalue weighted by atomic mass is 35.5. The van der Waals surface area contributed by atoms with Crippen molar-refractivity contribution in [3.8, 4) is 5.75 Å². The number of para-hydroxylation sites is 1. The lowest BCUT2D eigenvalue weighted by atomic mass is 10.2. The average molecular weight is 308 g/mol. The predicted molar refractivity (Wildman–Crippen MR) is 85.0 cm³/mol. The SMILES string of the molecule is CN(CCO)c1ccc(NCc2cccc(Cl)c2O)nc1. The van der Waals surface area contributed by atoms with Crippen molar-refractivity contribution in [3.63, 3.8) is 0 Å². The highest BCUT2D eigenvalue weighted by Gasteiger charge is 2.05. The summed E-state index contributed by atoms with van der Waals surface area (Å²) >= 11 is 5.86. The number of phenolic OH excluding ortho intramolecular Hbond substituents is 1. The summed E-state index contributed by atoms with van der Waals surface area (Å²) in [5.74, 6) is 0.793. The van der Waals surface area contributed by atoms with Crippen LogP contribution in [0.3, 0.4) is 0 Å². The first-order valence-corrected chi connectivity index (χ1v) is 6.98. The molecule has 1 heterocycles. The van der Waals surface area contributed by atoms with Gasteiger partial charge in [0.2, 0.25) is 0 Å². The molecule has 3 N–H and O–H groups in total. The third-order valence-corrected chi connectivity index (χ3v) is 3.46. The Labute approximate surface area is 128 Å². The van der Waals surface area contributed by atoms with Crippen molar-refractivity contribution >= 4 is 23.1 Å². The van der Waals surface area contributed by atoms with E-state index in [1.165, 1.54) is 0 Å². The Kier molecular flexibility index (Phi) is 5.25. The number of halogens is 1. The molecule has 2 rings (SSSR count). The molecular formula is C15H18ClN3O2. The van der Waals surface area contributed by atoms with E-state index in [-0.39, 0.29) is 12.4 Å².